The van der Waals surface area contributed by atoms with Crippen LogP contribution in [-0.4, -0.2) is 24.8 Å². The number of carbonyl (C=O) groups is 1. The summed E-state index contributed by atoms with van der Waals surface area (Å²) >= 11 is 11.7. The molecule has 7 heteroatoms. The van der Waals surface area contributed by atoms with Crippen LogP contribution < -0.4 is 5.32 Å². The van der Waals surface area contributed by atoms with Crippen molar-refractivity contribution in [3.8, 4) is 5.82 Å². The monoisotopic (exact) mass is 310 g/mol. The van der Waals surface area contributed by atoms with Gasteiger partial charge in [0.2, 0.25) is 5.91 Å². The van der Waals surface area contributed by atoms with Gasteiger partial charge in [-0.1, -0.05) is 6.07 Å². The van der Waals surface area contributed by atoms with Crippen molar-refractivity contribution in [2.45, 2.75) is 17.3 Å². The number of nitrogens with one attached hydrogen (secondary N) is 1. The molecule has 1 unspecified atom stereocenters. The first-order chi connectivity index (χ1) is 9.56. The second-order valence-corrected chi connectivity index (χ2v) is 6.27. The minimum absolute atomic E-state index is 0.117. The molecule has 1 N–H and O–H groups in total. The minimum Gasteiger partial charge on any atom is -0.352 e. The van der Waals surface area contributed by atoms with Crippen molar-refractivity contribution in [1.82, 2.24) is 19.9 Å². The van der Waals surface area contributed by atoms with Crippen molar-refractivity contribution in [2.24, 2.45) is 5.92 Å². The van der Waals surface area contributed by atoms with Crippen LogP contribution in [0.4, 0.5) is 0 Å². The number of aromatic nitrogens is 3. The molecule has 2 aromatic rings. The highest BCUT2D eigenvalue weighted by atomic mass is 35.5. The van der Waals surface area contributed by atoms with E-state index < -0.39 is 4.33 Å². The van der Waals surface area contributed by atoms with Gasteiger partial charge in [0, 0.05) is 25.1 Å². The van der Waals surface area contributed by atoms with Gasteiger partial charge in [-0.15, -0.1) is 23.2 Å². The molecular formula is C13H12Cl2N4O. The summed E-state index contributed by atoms with van der Waals surface area (Å²) in [5.41, 5.74) is 0.914. The Labute approximate surface area is 125 Å². The molecule has 1 aliphatic rings. The van der Waals surface area contributed by atoms with E-state index >= 15 is 0 Å². The molecule has 1 aliphatic carbocycles. The predicted octanol–water partition coefficient (Wildman–Crippen LogP) is 2.08. The Bertz CT molecular complexity index is 610. The third kappa shape index (κ3) is 2.78. The molecule has 0 radical (unpaired) electrons. The van der Waals surface area contributed by atoms with Crippen LogP contribution in [0.15, 0.2) is 37.1 Å². The molecule has 3 rings (SSSR count). The number of hydrogen-bond donors (Lipinski definition) is 1. The SMILES string of the molecule is O=C(NCc1ccc(-n2ccnc2)nc1)C1CC1(Cl)Cl. The van der Waals surface area contributed by atoms with Crippen LogP contribution in [-0.2, 0) is 11.3 Å². The van der Waals surface area contributed by atoms with Crippen LogP contribution in [0.25, 0.3) is 5.82 Å². The minimum atomic E-state index is -0.881. The molecule has 1 atom stereocenters. The van der Waals surface area contributed by atoms with Gasteiger partial charge in [0.05, 0.1) is 5.92 Å². The molecule has 0 bridgehead atoms. The average molecular weight is 311 g/mol. The fourth-order valence-electron chi connectivity index (χ4n) is 1.88. The molecule has 2 heterocycles. The summed E-state index contributed by atoms with van der Waals surface area (Å²) in [4.78, 5) is 20.0. The van der Waals surface area contributed by atoms with Gasteiger partial charge in [-0.05, 0) is 18.1 Å². The summed E-state index contributed by atoms with van der Waals surface area (Å²) in [6.07, 6.45) is 7.42. The maximum Gasteiger partial charge on any atom is 0.226 e. The van der Waals surface area contributed by atoms with E-state index in [1.807, 2.05) is 22.9 Å². The van der Waals surface area contributed by atoms with E-state index in [0.717, 1.165) is 11.4 Å². The van der Waals surface area contributed by atoms with Crippen LogP contribution in [0.2, 0.25) is 0 Å². The van der Waals surface area contributed by atoms with Gasteiger partial charge in [-0.3, -0.25) is 9.36 Å². The molecule has 0 aliphatic heterocycles. The molecule has 5 nitrogen and oxygen atoms in total. The van der Waals surface area contributed by atoms with Gasteiger partial charge < -0.3 is 5.32 Å². The molecule has 1 amide bonds. The Balaban J connectivity index is 1.58. The maximum absolute atomic E-state index is 11.7. The number of halogens is 2. The average Bonchev–Trinajstić information content (AvgIpc) is 2.87. The number of pyridine rings is 1. The Morgan fingerprint density at radius 2 is 2.30 bits per heavy atom. The Morgan fingerprint density at radius 3 is 2.85 bits per heavy atom. The number of rotatable bonds is 4. The normalized spacial score (nSPS) is 19.6. The first-order valence-corrected chi connectivity index (χ1v) is 6.91. The maximum atomic E-state index is 11.7. The van der Waals surface area contributed by atoms with Crippen molar-refractivity contribution in [3.05, 3.63) is 42.6 Å². The van der Waals surface area contributed by atoms with Crippen molar-refractivity contribution >= 4 is 29.1 Å². The van der Waals surface area contributed by atoms with Crippen LogP contribution in [0.1, 0.15) is 12.0 Å². The summed E-state index contributed by atoms with van der Waals surface area (Å²) in [7, 11) is 0. The van der Waals surface area contributed by atoms with Gasteiger partial charge >= 0.3 is 0 Å². The van der Waals surface area contributed by atoms with Crippen LogP contribution in [0.3, 0.4) is 0 Å². The summed E-state index contributed by atoms with van der Waals surface area (Å²) in [5, 5.41) is 2.80. The van der Waals surface area contributed by atoms with E-state index in [2.05, 4.69) is 15.3 Å². The lowest BCUT2D eigenvalue weighted by molar-refractivity contribution is -0.122. The molecule has 104 valence electrons. The molecule has 1 saturated carbocycles. The number of alkyl halides is 2. The highest BCUT2D eigenvalue weighted by Crippen LogP contribution is 2.53. The van der Waals surface area contributed by atoms with Crippen molar-refractivity contribution < 1.29 is 4.79 Å². The van der Waals surface area contributed by atoms with Gasteiger partial charge in [-0.25, -0.2) is 9.97 Å². The van der Waals surface area contributed by atoms with E-state index in [4.69, 9.17) is 23.2 Å². The number of nitrogens with zero attached hydrogens (tertiary/aromatic N) is 3. The summed E-state index contributed by atoms with van der Waals surface area (Å²) in [6, 6.07) is 3.78. The topological polar surface area (TPSA) is 59.8 Å². The van der Waals surface area contributed by atoms with Crippen molar-refractivity contribution in [2.75, 3.05) is 0 Å². The van der Waals surface area contributed by atoms with E-state index in [1.54, 1.807) is 18.7 Å². The fourth-order valence-corrected chi connectivity index (χ4v) is 2.39. The van der Waals surface area contributed by atoms with E-state index in [1.165, 1.54) is 0 Å². The molecule has 0 spiro atoms. The van der Waals surface area contributed by atoms with E-state index in [0.29, 0.717) is 13.0 Å². The van der Waals surface area contributed by atoms with Gasteiger partial charge in [0.15, 0.2) is 0 Å². The number of hydrogen-bond acceptors (Lipinski definition) is 3. The molecule has 0 aromatic carbocycles. The molecule has 20 heavy (non-hydrogen) atoms. The van der Waals surface area contributed by atoms with Gasteiger partial charge in [-0.2, -0.15) is 0 Å². The lowest BCUT2D eigenvalue weighted by atomic mass is 10.2. The van der Waals surface area contributed by atoms with E-state index in [-0.39, 0.29) is 11.8 Å². The molecule has 1 fully saturated rings. The third-order valence-electron chi connectivity index (χ3n) is 3.19. The van der Waals surface area contributed by atoms with Crippen LogP contribution >= 0.6 is 23.2 Å². The Morgan fingerprint density at radius 1 is 1.50 bits per heavy atom. The summed E-state index contributed by atoms with van der Waals surface area (Å²) in [5.74, 6) is 0.359. The van der Waals surface area contributed by atoms with Crippen molar-refractivity contribution in [1.29, 1.82) is 0 Å². The highest BCUT2D eigenvalue weighted by Gasteiger charge is 2.56. The predicted molar refractivity (Wildman–Crippen MR) is 75.7 cm³/mol. The third-order valence-corrected chi connectivity index (χ3v) is 4.02. The Kier molecular flexibility index (Phi) is 3.40. The van der Waals surface area contributed by atoms with Crippen LogP contribution in [0.5, 0.6) is 0 Å². The van der Waals surface area contributed by atoms with Gasteiger partial charge in [0.1, 0.15) is 16.5 Å². The zero-order valence-corrected chi connectivity index (χ0v) is 12.0. The smallest absolute Gasteiger partial charge is 0.226 e. The standard InChI is InChI=1S/C13H12Cl2N4O/c14-13(15)5-10(13)12(20)18-7-9-1-2-11(17-6-9)19-4-3-16-8-19/h1-4,6,8,10H,5,7H2,(H,18,20). The highest BCUT2D eigenvalue weighted by molar-refractivity contribution is 6.52. The quantitative estimate of drug-likeness (QED) is 0.880. The Hall–Kier alpha value is -1.59. The zero-order valence-electron chi connectivity index (χ0n) is 10.5. The van der Waals surface area contributed by atoms with E-state index in [9.17, 15) is 4.79 Å². The molecule has 2 aromatic heterocycles. The van der Waals surface area contributed by atoms with Crippen molar-refractivity contribution in [3.63, 3.8) is 0 Å². The van der Waals surface area contributed by atoms with Gasteiger partial charge in [0.25, 0.3) is 0 Å². The summed E-state index contributed by atoms with van der Waals surface area (Å²) < 4.78 is 0.926. The largest absolute Gasteiger partial charge is 0.352 e. The lowest BCUT2D eigenvalue weighted by Crippen LogP contribution is -2.26. The lowest BCUT2D eigenvalue weighted by Gasteiger charge is -2.06. The first-order valence-electron chi connectivity index (χ1n) is 6.15. The summed E-state index contributed by atoms with van der Waals surface area (Å²) in [6.45, 7) is 0.413. The zero-order chi connectivity index (χ0) is 14.2. The second-order valence-electron chi connectivity index (χ2n) is 4.73. The molecular weight excluding hydrogens is 299 g/mol. The fraction of sp³-hybridized carbons (Fsp3) is 0.308. The number of amides is 1. The number of imidazole rings is 1. The molecule has 0 saturated heterocycles. The van der Waals surface area contributed by atoms with Crippen LogP contribution in [0, 0.1) is 5.92 Å². The number of carbonyl (C=O) groups excluding carboxylic acids is 1. The first kappa shape index (κ1) is 13.4. The second kappa shape index (κ2) is 5.07.